The molecule has 0 unspecified atom stereocenters. The van der Waals surface area contributed by atoms with Crippen molar-refractivity contribution in [1.82, 2.24) is 10.2 Å². The van der Waals surface area contributed by atoms with Crippen molar-refractivity contribution >= 4 is 27.7 Å². The second-order valence-electron chi connectivity index (χ2n) is 10.7. The quantitative estimate of drug-likeness (QED) is 0.276. The van der Waals surface area contributed by atoms with E-state index in [2.05, 4.69) is 42.0 Å². The van der Waals surface area contributed by atoms with Crippen LogP contribution in [0.25, 0.3) is 0 Å². The van der Waals surface area contributed by atoms with Gasteiger partial charge in [-0.1, -0.05) is 98.2 Å². The molecule has 6 heteroatoms. The van der Waals surface area contributed by atoms with Crippen LogP contribution in [0.15, 0.2) is 83.3 Å². The van der Waals surface area contributed by atoms with Gasteiger partial charge in [0.1, 0.15) is 11.8 Å². The van der Waals surface area contributed by atoms with Crippen molar-refractivity contribution in [3.63, 3.8) is 0 Å². The van der Waals surface area contributed by atoms with Crippen molar-refractivity contribution in [1.29, 1.82) is 0 Å². The summed E-state index contributed by atoms with van der Waals surface area (Å²) in [5.74, 6) is 0.212. The van der Waals surface area contributed by atoms with Gasteiger partial charge in [0.05, 0.1) is 0 Å². The highest BCUT2D eigenvalue weighted by Gasteiger charge is 2.31. The molecule has 0 radical (unpaired) electrons. The molecule has 0 aromatic heterocycles. The van der Waals surface area contributed by atoms with Gasteiger partial charge in [0.25, 0.3) is 5.91 Å². The van der Waals surface area contributed by atoms with Gasteiger partial charge in [0.15, 0.2) is 6.61 Å². The number of hydrogen-bond donors (Lipinski definition) is 1. The third kappa shape index (κ3) is 8.73. The van der Waals surface area contributed by atoms with Gasteiger partial charge in [-0.15, -0.1) is 0 Å². The largest absolute Gasteiger partial charge is 0.484 e. The summed E-state index contributed by atoms with van der Waals surface area (Å²) < 4.78 is 6.85. The zero-order valence-electron chi connectivity index (χ0n) is 23.0. The van der Waals surface area contributed by atoms with Crippen molar-refractivity contribution < 1.29 is 14.3 Å². The fourth-order valence-corrected chi connectivity index (χ4v) is 4.55. The molecule has 0 heterocycles. The number of carbonyl (C=O) groups is 2. The standard InChI is InChI=1S/C32H39BrN2O3/c1-6-23(2)34-31(37)29(20-24-11-8-7-9-12-24)35(21-25-13-10-14-27(33)19-25)30(36)22-38-28-17-15-26(16-18-28)32(3,4)5/h7-19,23,29H,6,20-22H2,1-5H3,(H,34,37)/t23-,29-/m0/s1. The fourth-order valence-electron chi connectivity index (χ4n) is 4.11. The van der Waals surface area contributed by atoms with E-state index in [1.54, 1.807) is 4.90 Å². The highest BCUT2D eigenvalue weighted by molar-refractivity contribution is 9.10. The number of amides is 2. The molecule has 0 saturated heterocycles. The highest BCUT2D eigenvalue weighted by atomic mass is 79.9. The number of nitrogens with zero attached hydrogens (tertiary/aromatic N) is 1. The Kier molecular flexibility index (Phi) is 10.5. The molecule has 2 atom stereocenters. The van der Waals surface area contributed by atoms with Crippen LogP contribution in [0.3, 0.4) is 0 Å². The van der Waals surface area contributed by atoms with Gasteiger partial charge >= 0.3 is 0 Å². The highest BCUT2D eigenvalue weighted by Crippen LogP contribution is 2.24. The molecule has 2 amide bonds. The summed E-state index contributed by atoms with van der Waals surface area (Å²) in [6.45, 7) is 10.6. The van der Waals surface area contributed by atoms with Gasteiger partial charge in [-0.05, 0) is 59.7 Å². The molecule has 202 valence electrons. The summed E-state index contributed by atoms with van der Waals surface area (Å²) in [4.78, 5) is 29.0. The van der Waals surface area contributed by atoms with Crippen LogP contribution >= 0.6 is 15.9 Å². The zero-order valence-corrected chi connectivity index (χ0v) is 24.6. The van der Waals surface area contributed by atoms with Crippen LogP contribution in [0.5, 0.6) is 5.75 Å². The number of halogens is 1. The number of rotatable bonds is 11. The maximum Gasteiger partial charge on any atom is 0.261 e. The van der Waals surface area contributed by atoms with Crippen molar-refractivity contribution in [2.75, 3.05) is 6.61 Å². The molecular formula is C32H39BrN2O3. The smallest absolute Gasteiger partial charge is 0.261 e. The van der Waals surface area contributed by atoms with Crippen LogP contribution in [-0.2, 0) is 28.0 Å². The van der Waals surface area contributed by atoms with Crippen LogP contribution in [0.2, 0.25) is 0 Å². The van der Waals surface area contributed by atoms with E-state index in [4.69, 9.17) is 4.74 Å². The Hall–Kier alpha value is -3.12. The first kappa shape index (κ1) is 29.4. The van der Waals surface area contributed by atoms with Gasteiger partial charge in [-0.25, -0.2) is 0 Å². The predicted octanol–water partition coefficient (Wildman–Crippen LogP) is 6.68. The minimum Gasteiger partial charge on any atom is -0.484 e. The van der Waals surface area contributed by atoms with Gasteiger partial charge in [-0.3, -0.25) is 9.59 Å². The van der Waals surface area contributed by atoms with E-state index in [0.29, 0.717) is 12.2 Å². The van der Waals surface area contributed by atoms with Crippen LogP contribution in [0.4, 0.5) is 0 Å². The molecule has 1 N–H and O–H groups in total. The van der Waals surface area contributed by atoms with Gasteiger partial charge < -0.3 is 15.0 Å². The average Bonchev–Trinajstić information content (AvgIpc) is 2.89. The number of benzene rings is 3. The number of nitrogens with one attached hydrogen (secondary N) is 1. The molecule has 5 nitrogen and oxygen atoms in total. The maximum atomic E-state index is 13.7. The van der Waals surface area contributed by atoms with Crippen molar-refractivity contribution in [2.45, 2.75) is 71.5 Å². The lowest BCUT2D eigenvalue weighted by molar-refractivity contribution is -0.143. The SMILES string of the molecule is CC[C@H](C)NC(=O)[C@H](Cc1ccccc1)N(Cc1cccc(Br)c1)C(=O)COc1ccc(C(C)(C)C)cc1. The summed E-state index contributed by atoms with van der Waals surface area (Å²) in [6.07, 6.45) is 1.21. The summed E-state index contributed by atoms with van der Waals surface area (Å²) in [6, 6.07) is 24.8. The van der Waals surface area contributed by atoms with E-state index in [1.807, 2.05) is 92.7 Å². The van der Waals surface area contributed by atoms with E-state index in [-0.39, 0.29) is 36.4 Å². The summed E-state index contributed by atoms with van der Waals surface area (Å²) in [5, 5.41) is 3.09. The van der Waals surface area contributed by atoms with E-state index in [9.17, 15) is 9.59 Å². The lowest BCUT2D eigenvalue weighted by Gasteiger charge is -2.32. The van der Waals surface area contributed by atoms with Gasteiger partial charge in [0.2, 0.25) is 5.91 Å². The third-order valence-electron chi connectivity index (χ3n) is 6.60. The second-order valence-corrected chi connectivity index (χ2v) is 11.7. The molecule has 3 aromatic carbocycles. The minimum atomic E-state index is -0.690. The number of hydrogen-bond acceptors (Lipinski definition) is 3. The maximum absolute atomic E-state index is 13.7. The minimum absolute atomic E-state index is 0.00109. The first-order valence-electron chi connectivity index (χ1n) is 13.2. The average molecular weight is 580 g/mol. The molecule has 0 aliphatic rings. The molecule has 3 rings (SSSR count). The summed E-state index contributed by atoms with van der Waals surface area (Å²) in [5.41, 5.74) is 3.14. The van der Waals surface area contributed by atoms with Crippen molar-refractivity contribution in [3.05, 3.63) is 100 Å². The van der Waals surface area contributed by atoms with Gasteiger partial charge in [0, 0.05) is 23.5 Å². The van der Waals surface area contributed by atoms with Crippen LogP contribution in [0, 0.1) is 0 Å². The first-order valence-corrected chi connectivity index (χ1v) is 14.0. The van der Waals surface area contributed by atoms with Gasteiger partial charge in [-0.2, -0.15) is 0 Å². The van der Waals surface area contributed by atoms with Crippen LogP contribution in [0.1, 0.15) is 57.7 Å². The Morgan fingerprint density at radius 3 is 2.21 bits per heavy atom. The Balaban J connectivity index is 1.89. The molecule has 0 aliphatic heterocycles. The number of ether oxygens (including phenoxy) is 1. The molecule has 0 fully saturated rings. The molecule has 3 aromatic rings. The van der Waals surface area contributed by atoms with Crippen LogP contribution < -0.4 is 10.1 Å². The molecule has 0 saturated carbocycles. The molecule has 38 heavy (non-hydrogen) atoms. The lowest BCUT2D eigenvalue weighted by Crippen LogP contribution is -2.53. The topological polar surface area (TPSA) is 58.6 Å². The third-order valence-corrected chi connectivity index (χ3v) is 7.09. The molecule has 0 spiro atoms. The van der Waals surface area contributed by atoms with Crippen LogP contribution in [-0.4, -0.2) is 35.4 Å². The van der Waals surface area contributed by atoms with Crippen molar-refractivity contribution in [3.8, 4) is 5.75 Å². The first-order chi connectivity index (χ1) is 18.1. The fraction of sp³-hybridized carbons (Fsp3) is 0.375. The Morgan fingerprint density at radius 1 is 0.947 bits per heavy atom. The molecular weight excluding hydrogens is 540 g/mol. The van der Waals surface area contributed by atoms with Crippen molar-refractivity contribution in [2.24, 2.45) is 0 Å². The van der Waals surface area contributed by atoms with E-state index in [1.165, 1.54) is 5.56 Å². The normalized spacial score (nSPS) is 12.9. The Bertz CT molecular complexity index is 1190. The monoisotopic (exact) mass is 578 g/mol. The molecule has 0 aliphatic carbocycles. The lowest BCUT2D eigenvalue weighted by atomic mass is 9.87. The second kappa shape index (κ2) is 13.6. The Morgan fingerprint density at radius 2 is 1.61 bits per heavy atom. The van der Waals surface area contributed by atoms with E-state index < -0.39 is 6.04 Å². The zero-order chi connectivity index (χ0) is 27.7. The predicted molar refractivity (Wildman–Crippen MR) is 157 cm³/mol. The summed E-state index contributed by atoms with van der Waals surface area (Å²) in [7, 11) is 0. The number of carbonyl (C=O) groups excluding carboxylic acids is 2. The van der Waals surface area contributed by atoms with E-state index >= 15 is 0 Å². The summed E-state index contributed by atoms with van der Waals surface area (Å²) >= 11 is 3.52. The Labute approximate surface area is 235 Å². The molecule has 0 bridgehead atoms. The van der Waals surface area contributed by atoms with E-state index in [0.717, 1.165) is 22.0 Å².